The molecule has 1 heterocycles. The molecule has 168 valence electrons. The van der Waals surface area contributed by atoms with Crippen LogP contribution in [0.3, 0.4) is 0 Å². The van der Waals surface area contributed by atoms with Gasteiger partial charge in [0.05, 0.1) is 24.3 Å². The molecule has 0 aromatic heterocycles. The molecule has 0 unspecified atom stereocenters. The van der Waals surface area contributed by atoms with E-state index in [0.717, 1.165) is 43.0 Å². The Labute approximate surface area is 184 Å². The number of hydrogen-bond acceptors (Lipinski definition) is 6. The molecular weight excluding hydrogens is 414 g/mol. The lowest BCUT2D eigenvalue weighted by atomic mass is 10.1. The number of hydrogen-bond donors (Lipinski definition) is 1. The summed E-state index contributed by atoms with van der Waals surface area (Å²) in [4.78, 5) is 17.0. The number of amides is 1. The zero-order chi connectivity index (χ0) is 22.4. The quantitative estimate of drug-likeness (QED) is 0.672. The minimum absolute atomic E-state index is 0.0252. The van der Waals surface area contributed by atoms with Gasteiger partial charge in [-0.15, -0.1) is 0 Å². The molecule has 31 heavy (non-hydrogen) atoms. The van der Waals surface area contributed by atoms with Crippen LogP contribution in [-0.2, 0) is 14.6 Å². The SMILES string of the molecule is COc1cccc(S(=O)(=O)CCN2CCN(CC(=O)Nc3cccc(C)c3C)CC2)c1. The van der Waals surface area contributed by atoms with Crippen molar-refractivity contribution in [2.24, 2.45) is 0 Å². The van der Waals surface area contributed by atoms with E-state index in [1.54, 1.807) is 24.3 Å². The van der Waals surface area contributed by atoms with Crippen LogP contribution in [0.1, 0.15) is 11.1 Å². The first-order valence-corrected chi connectivity index (χ1v) is 12.1. The Bertz CT molecular complexity index is 1020. The van der Waals surface area contributed by atoms with Crippen LogP contribution in [-0.4, -0.2) is 76.3 Å². The Morgan fingerprint density at radius 1 is 1.03 bits per heavy atom. The van der Waals surface area contributed by atoms with Crippen molar-refractivity contribution in [1.29, 1.82) is 0 Å². The molecule has 0 aliphatic carbocycles. The molecule has 0 bridgehead atoms. The highest BCUT2D eigenvalue weighted by Gasteiger charge is 2.22. The third-order valence-electron chi connectivity index (χ3n) is 5.79. The third kappa shape index (κ3) is 6.29. The van der Waals surface area contributed by atoms with E-state index >= 15 is 0 Å². The second-order valence-electron chi connectivity index (χ2n) is 7.91. The third-order valence-corrected chi connectivity index (χ3v) is 7.48. The fraction of sp³-hybridized carbons (Fsp3) is 0.435. The van der Waals surface area contributed by atoms with E-state index in [-0.39, 0.29) is 16.6 Å². The van der Waals surface area contributed by atoms with Crippen molar-refractivity contribution in [2.75, 3.05) is 57.4 Å². The smallest absolute Gasteiger partial charge is 0.238 e. The summed E-state index contributed by atoms with van der Waals surface area (Å²) in [6, 6.07) is 12.5. The highest BCUT2D eigenvalue weighted by atomic mass is 32.2. The van der Waals surface area contributed by atoms with Gasteiger partial charge in [-0.3, -0.25) is 14.6 Å². The Balaban J connectivity index is 1.45. The fourth-order valence-electron chi connectivity index (χ4n) is 3.61. The van der Waals surface area contributed by atoms with Crippen LogP contribution in [0.5, 0.6) is 5.75 Å². The van der Waals surface area contributed by atoms with Crippen LogP contribution in [0.2, 0.25) is 0 Å². The summed E-state index contributed by atoms with van der Waals surface area (Å²) in [7, 11) is -1.85. The average molecular weight is 446 g/mol. The van der Waals surface area contributed by atoms with Gasteiger partial charge in [0, 0.05) is 38.4 Å². The fourth-order valence-corrected chi connectivity index (χ4v) is 4.93. The molecule has 1 fully saturated rings. The molecule has 1 amide bonds. The van der Waals surface area contributed by atoms with Gasteiger partial charge in [-0.05, 0) is 49.2 Å². The van der Waals surface area contributed by atoms with Crippen LogP contribution in [0.25, 0.3) is 0 Å². The number of benzene rings is 2. The predicted octanol–water partition coefficient (Wildman–Crippen LogP) is 2.34. The number of rotatable bonds is 8. The Kier molecular flexibility index (Phi) is 7.69. The highest BCUT2D eigenvalue weighted by Crippen LogP contribution is 2.19. The lowest BCUT2D eigenvalue weighted by Gasteiger charge is -2.34. The number of sulfone groups is 1. The molecule has 0 saturated carbocycles. The minimum Gasteiger partial charge on any atom is -0.497 e. The Morgan fingerprint density at radius 2 is 1.71 bits per heavy atom. The van der Waals surface area contributed by atoms with E-state index in [4.69, 9.17) is 4.74 Å². The lowest BCUT2D eigenvalue weighted by molar-refractivity contribution is -0.117. The lowest BCUT2D eigenvalue weighted by Crippen LogP contribution is -2.49. The number of aryl methyl sites for hydroxylation is 1. The number of piperazine rings is 1. The molecule has 1 saturated heterocycles. The predicted molar refractivity (Wildman–Crippen MR) is 122 cm³/mol. The standard InChI is InChI=1S/C23H31N3O4S/c1-18-6-4-9-22(19(18)2)24-23(27)17-26-12-10-25(11-13-26)14-15-31(28,29)21-8-5-7-20(16-21)30-3/h4-9,16H,10-15,17H2,1-3H3,(H,24,27). The van der Waals surface area contributed by atoms with Gasteiger partial charge >= 0.3 is 0 Å². The van der Waals surface area contributed by atoms with Crippen molar-refractivity contribution in [3.63, 3.8) is 0 Å². The topological polar surface area (TPSA) is 79.0 Å². The van der Waals surface area contributed by atoms with E-state index in [0.29, 0.717) is 18.8 Å². The van der Waals surface area contributed by atoms with Crippen LogP contribution >= 0.6 is 0 Å². The molecule has 7 nitrogen and oxygen atoms in total. The summed E-state index contributed by atoms with van der Waals surface area (Å²) in [5.74, 6) is 0.574. The number of methoxy groups -OCH3 is 1. The summed E-state index contributed by atoms with van der Waals surface area (Å²) < 4.78 is 30.4. The van der Waals surface area contributed by atoms with Gasteiger partial charge < -0.3 is 10.1 Å². The van der Waals surface area contributed by atoms with Crippen molar-refractivity contribution >= 4 is 21.4 Å². The zero-order valence-corrected chi connectivity index (χ0v) is 19.2. The van der Waals surface area contributed by atoms with Crippen LogP contribution in [0.4, 0.5) is 5.69 Å². The van der Waals surface area contributed by atoms with Gasteiger partial charge in [0.1, 0.15) is 5.75 Å². The number of carbonyl (C=O) groups is 1. The first kappa shape index (κ1) is 23.2. The van der Waals surface area contributed by atoms with Gasteiger partial charge in [0.15, 0.2) is 9.84 Å². The molecule has 1 aliphatic rings. The van der Waals surface area contributed by atoms with Crippen molar-refractivity contribution in [3.05, 3.63) is 53.6 Å². The van der Waals surface area contributed by atoms with Crippen LogP contribution in [0.15, 0.2) is 47.4 Å². The molecule has 2 aromatic carbocycles. The maximum atomic E-state index is 12.6. The summed E-state index contributed by atoms with van der Waals surface area (Å²) >= 11 is 0. The minimum atomic E-state index is -3.37. The van der Waals surface area contributed by atoms with Crippen molar-refractivity contribution < 1.29 is 17.9 Å². The maximum Gasteiger partial charge on any atom is 0.238 e. The normalized spacial score (nSPS) is 15.6. The van der Waals surface area contributed by atoms with Gasteiger partial charge in [-0.25, -0.2) is 8.42 Å². The highest BCUT2D eigenvalue weighted by molar-refractivity contribution is 7.91. The first-order valence-electron chi connectivity index (χ1n) is 10.5. The van der Waals surface area contributed by atoms with E-state index in [2.05, 4.69) is 15.1 Å². The second-order valence-corrected chi connectivity index (χ2v) is 10.0. The Morgan fingerprint density at radius 3 is 2.42 bits per heavy atom. The number of ether oxygens (including phenoxy) is 1. The van der Waals surface area contributed by atoms with Gasteiger partial charge in [-0.1, -0.05) is 18.2 Å². The van der Waals surface area contributed by atoms with E-state index in [1.165, 1.54) is 7.11 Å². The summed E-state index contributed by atoms with van der Waals surface area (Å²) in [5, 5.41) is 3.00. The van der Waals surface area contributed by atoms with Gasteiger partial charge in [-0.2, -0.15) is 0 Å². The molecule has 0 radical (unpaired) electrons. The molecule has 1 aliphatic heterocycles. The van der Waals surface area contributed by atoms with Crippen molar-refractivity contribution in [2.45, 2.75) is 18.7 Å². The Hall–Kier alpha value is -2.42. The largest absolute Gasteiger partial charge is 0.497 e. The van der Waals surface area contributed by atoms with Gasteiger partial charge in [0.25, 0.3) is 0 Å². The number of anilines is 1. The maximum absolute atomic E-state index is 12.6. The van der Waals surface area contributed by atoms with Crippen LogP contribution in [0, 0.1) is 13.8 Å². The summed E-state index contributed by atoms with van der Waals surface area (Å²) in [6.45, 7) is 7.79. The van der Waals surface area contributed by atoms with Crippen molar-refractivity contribution in [3.8, 4) is 5.75 Å². The number of nitrogens with one attached hydrogen (secondary N) is 1. The molecule has 0 spiro atoms. The number of nitrogens with zero attached hydrogens (tertiary/aromatic N) is 2. The van der Waals surface area contributed by atoms with Gasteiger partial charge in [0.2, 0.25) is 5.91 Å². The molecule has 1 N–H and O–H groups in total. The van der Waals surface area contributed by atoms with E-state index < -0.39 is 9.84 Å². The first-order chi connectivity index (χ1) is 14.8. The summed E-state index contributed by atoms with van der Waals surface area (Å²) in [6.07, 6.45) is 0. The van der Waals surface area contributed by atoms with E-state index in [9.17, 15) is 13.2 Å². The average Bonchev–Trinajstić information content (AvgIpc) is 2.76. The monoisotopic (exact) mass is 445 g/mol. The second kappa shape index (κ2) is 10.3. The number of carbonyl (C=O) groups excluding carboxylic acids is 1. The summed E-state index contributed by atoms with van der Waals surface area (Å²) in [5.41, 5.74) is 3.08. The molecule has 3 rings (SSSR count). The van der Waals surface area contributed by atoms with Crippen LogP contribution < -0.4 is 10.1 Å². The van der Waals surface area contributed by atoms with Crippen molar-refractivity contribution in [1.82, 2.24) is 9.80 Å². The molecule has 0 atom stereocenters. The molecule has 8 heteroatoms. The zero-order valence-electron chi connectivity index (χ0n) is 18.4. The molecule has 2 aromatic rings. The molecular formula is C23H31N3O4S. The van der Waals surface area contributed by atoms with E-state index in [1.807, 2.05) is 32.0 Å².